The molecule has 8 nitrogen and oxygen atoms in total. The fourth-order valence-electron chi connectivity index (χ4n) is 4.27. The fraction of sp³-hybridized carbons (Fsp3) is 0.286. The number of amides is 3. The van der Waals surface area contributed by atoms with Gasteiger partial charge in [0.2, 0.25) is 0 Å². The van der Waals surface area contributed by atoms with Gasteiger partial charge in [-0.1, -0.05) is 25.1 Å². The smallest absolute Gasteiger partial charge is 0.323 e. The van der Waals surface area contributed by atoms with Crippen molar-refractivity contribution in [3.63, 3.8) is 0 Å². The zero-order valence-corrected chi connectivity index (χ0v) is 20.5. The number of carbonyl (C=O) groups is 2. The number of urea groups is 1. The van der Waals surface area contributed by atoms with Gasteiger partial charge >= 0.3 is 6.03 Å². The van der Waals surface area contributed by atoms with Crippen LogP contribution in [0.4, 0.5) is 16.2 Å². The van der Waals surface area contributed by atoms with E-state index in [2.05, 4.69) is 28.2 Å². The number of benzene rings is 3. The van der Waals surface area contributed by atoms with Crippen LogP contribution in [0.25, 0.3) is 0 Å². The number of rotatable bonds is 9. The standard InChI is InChI=1S/C28H32N4O4/c1-3-24(25-10-7-17-29-25)32-27(33)23-16-13-20(18-26(23)35-2)31-28(34)30-19-11-14-22(15-12-19)36-21-8-5-4-6-9-21/h4-6,8-9,11-16,18,24-25,29H,3,7,10,17H2,1-2H3,(H,32,33)(H2,30,31,34). The molecule has 1 aliphatic rings. The second-order valence-electron chi connectivity index (χ2n) is 8.62. The van der Waals surface area contributed by atoms with Crippen molar-refractivity contribution in [1.82, 2.24) is 10.6 Å². The summed E-state index contributed by atoms with van der Waals surface area (Å²) >= 11 is 0. The van der Waals surface area contributed by atoms with E-state index >= 15 is 0 Å². The minimum atomic E-state index is -0.413. The van der Waals surface area contributed by atoms with Crippen LogP contribution in [-0.2, 0) is 0 Å². The first-order valence-corrected chi connectivity index (χ1v) is 12.2. The number of anilines is 2. The number of nitrogens with one attached hydrogen (secondary N) is 4. The molecule has 2 unspecified atom stereocenters. The Balaban J connectivity index is 1.34. The van der Waals surface area contributed by atoms with Crippen LogP contribution in [0.15, 0.2) is 72.8 Å². The molecule has 1 fully saturated rings. The molecule has 0 aromatic heterocycles. The number of methoxy groups -OCH3 is 1. The topological polar surface area (TPSA) is 101 Å². The van der Waals surface area contributed by atoms with Gasteiger partial charge < -0.3 is 30.7 Å². The maximum absolute atomic E-state index is 12.9. The Morgan fingerprint density at radius 1 is 0.972 bits per heavy atom. The molecule has 0 saturated carbocycles. The predicted molar refractivity (Wildman–Crippen MR) is 141 cm³/mol. The highest BCUT2D eigenvalue weighted by Gasteiger charge is 2.26. The highest BCUT2D eigenvalue weighted by molar-refractivity contribution is 6.01. The molecule has 1 heterocycles. The summed E-state index contributed by atoms with van der Waals surface area (Å²) in [5.74, 6) is 1.60. The van der Waals surface area contributed by atoms with Crippen LogP contribution < -0.4 is 30.7 Å². The van der Waals surface area contributed by atoms with Crippen LogP contribution in [0.2, 0.25) is 0 Å². The lowest BCUT2D eigenvalue weighted by atomic mass is 10.0. The number of carbonyl (C=O) groups excluding carboxylic acids is 2. The lowest BCUT2D eigenvalue weighted by Gasteiger charge is -2.24. The van der Waals surface area contributed by atoms with Crippen LogP contribution in [0, 0.1) is 0 Å². The average molecular weight is 489 g/mol. The van der Waals surface area contributed by atoms with Crippen molar-refractivity contribution in [3.8, 4) is 17.2 Å². The molecule has 4 N–H and O–H groups in total. The quantitative estimate of drug-likeness (QED) is 0.323. The van der Waals surface area contributed by atoms with E-state index in [1.807, 2.05) is 30.3 Å². The maximum atomic E-state index is 12.9. The summed E-state index contributed by atoms with van der Waals surface area (Å²) in [6, 6.07) is 21.5. The second-order valence-corrected chi connectivity index (χ2v) is 8.62. The Bertz CT molecular complexity index is 1160. The van der Waals surface area contributed by atoms with Crippen LogP contribution in [0.5, 0.6) is 17.2 Å². The largest absolute Gasteiger partial charge is 0.496 e. The van der Waals surface area contributed by atoms with Crippen molar-refractivity contribution in [1.29, 1.82) is 0 Å². The molecule has 1 saturated heterocycles. The molecule has 188 valence electrons. The Labute approximate surface area is 211 Å². The molecule has 0 radical (unpaired) electrons. The minimum Gasteiger partial charge on any atom is -0.496 e. The van der Waals surface area contributed by atoms with E-state index in [0.717, 1.165) is 31.6 Å². The van der Waals surface area contributed by atoms with Gasteiger partial charge in [0, 0.05) is 29.5 Å². The molecule has 2 atom stereocenters. The van der Waals surface area contributed by atoms with Gasteiger partial charge in [0.05, 0.1) is 12.7 Å². The summed E-state index contributed by atoms with van der Waals surface area (Å²) in [5.41, 5.74) is 1.55. The summed E-state index contributed by atoms with van der Waals surface area (Å²) in [7, 11) is 1.50. The molecule has 3 aromatic carbocycles. The number of para-hydroxylation sites is 1. The zero-order valence-electron chi connectivity index (χ0n) is 20.5. The molecular formula is C28H32N4O4. The van der Waals surface area contributed by atoms with Gasteiger partial charge in [-0.3, -0.25) is 4.79 Å². The third-order valence-corrected chi connectivity index (χ3v) is 6.14. The van der Waals surface area contributed by atoms with E-state index in [0.29, 0.717) is 28.4 Å². The van der Waals surface area contributed by atoms with Gasteiger partial charge in [0.25, 0.3) is 5.91 Å². The van der Waals surface area contributed by atoms with Crippen molar-refractivity contribution in [3.05, 3.63) is 78.4 Å². The van der Waals surface area contributed by atoms with Crippen molar-refractivity contribution >= 4 is 23.3 Å². The summed E-state index contributed by atoms with van der Waals surface area (Å²) < 4.78 is 11.2. The third kappa shape index (κ3) is 6.55. The molecule has 1 aliphatic heterocycles. The van der Waals surface area contributed by atoms with Gasteiger partial charge in [0.1, 0.15) is 17.2 Å². The van der Waals surface area contributed by atoms with Crippen molar-refractivity contribution in [2.45, 2.75) is 38.3 Å². The summed E-state index contributed by atoms with van der Waals surface area (Å²) in [5, 5.41) is 12.1. The maximum Gasteiger partial charge on any atom is 0.323 e. The molecule has 8 heteroatoms. The third-order valence-electron chi connectivity index (χ3n) is 6.14. The van der Waals surface area contributed by atoms with Gasteiger partial charge in [-0.05, 0) is 74.3 Å². The Hall–Kier alpha value is -4.04. The average Bonchev–Trinajstić information content (AvgIpc) is 3.43. The molecule has 4 rings (SSSR count). The summed E-state index contributed by atoms with van der Waals surface area (Å²) in [4.78, 5) is 25.5. The van der Waals surface area contributed by atoms with E-state index in [1.54, 1.807) is 42.5 Å². The SMILES string of the molecule is CCC(NC(=O)c1ccc(NC(=O)Nc2ccc(Oc3ccccc3)cc2)cc1OC)C1CCCN1. The van der Waals surface area contributed by atoms with Gasteiger partial charge in [-0.15, -0.1) is 0 Å². The van der Waals surface area contributed by atoms with Gasteiger partial charge in [-0.25, -0.2) is 4.79 Å². The molecule has 3 amide bonds. The lowest BCUT2D eigenvalue weighted by molar-refractivity contribution is 0.0924. The fourth-order valence-corrected chi connectivity index (χ4v) is 4.27. The van der Waals surface area contributed by atoms with E-state index in [4.69, 9.17) is 9.47 Å². The summed E-state index contributed by atoms with van der Waals surface area (Å²) in [6.07, 6.45) is 3.01. The highest BCUT2D eigenvalue weighted by Crippen LogP contribution is 2.25. The Morgan fingerprint density at radius 2 is 1.67 bits per heavy atom. The Kier molecular flexibility index (Phi) is 8.41. The lowest BCUT2D eigenvalue weighted by Crippen LogP contribution is -2.47. The van der Waals surface area contributed by atoms with Crippen LogP contribution in [-0.4, -0.2) is 37.7 Å². The predicted octanol–water partition coefficient (Wildman–Crippen LogP) is 5.39. The Morgan fingerprint density at radius 3 is 2.33 bits per heavy atom. The van der Waals surface area contributed by atoms with Crippen molar-refractivity contribution in [2.24, 2.45) is 0 Å². The van der Waals surface area contributed by atoms with E-state index in [-0.39, 0.29) is 18.0 Å². The monoisotopic (exact) mass is 488 g/mol. The van der Waals surface area contributed by atoms with Crippen LogP contribution in [0.3, 0.4) is 0 Å². The molecule has 0 aliphatic carbocycles. The molecule has 3 aromatic rings. The number of hydrogen-bond donors (Lipinski definition) is 4. The summed E-state index contributed by atoms with van der Waals surface area (Å²) in [6.45, 7) is 3.05. The van der Waals surface area contributed by atoms with Crippen LogP contribution >= 0.6 is 0 Å². The van der Waals surface area contributed by atoms with E-state index < -0.39 is 6.03 Å². The first-order chi connectivity index (χ1) is 17.6. The molecule has 0 bridgehead atoms. The van der Waals surface area contributed by atoms with Crippen molar-refractivity contribution in [2.75, 3.05) is 24.3 Å². The normalized spacial score (nSPS) is 15.6. The number of hydrogen-bond acceptors (Lipinski definition) is 5. The first-order valence-electron chi connectivity index (χ1n) is 12.2. The van der Waals surface area contributed by atoms with E-state index in [9.17, 15) is 9.59 Å². The number of ether oxygens (including phenoxy) is 2. The van der Waals surface area contributed by atoms with Gasteiger partial charge in [0.15, 0.2) is 0 Å². The highest BCUT2D eigenvalue weighted by atomic mass is 16.5. The minimum absolute atomic E-state index is 0.0535. The van der Waals surface area contributed by atoms with E-state index in [1.165, 1.54) is 7.11 Å². The van der Waals surface area contributed by atoms with Crippen molar-refractivity contribution < 1.29 is 19.1 Å². The zero-order chi connectivity index (χ0) is 25.3. The molecule has 36 heavy (non-hydrogen) atoms. The molecular weight excluding hydrogens is 456 g/mol. The van der Waals surface area contributed by atoms with Crippen LogP contribution in [0.1, 0.15) is 36.5 Å². The first kappa shape index (κ1) is 25.1. The second kappa shape index (κ2) is 12.1. The van der Waals surface area contributed by atoms with Gasteiger partial charge in [-0.2, -0.15) is 0 Å². The molecule has 0 spiro atoms.